The summed E-state index contributed by atoms with van der Waals surface area (Å²) in [7, 11) is 0. The third kappa shape index (κ3) is 3.96. The van der Waals surface area contributed by atoms with Crippen LogP contribution in [0.5, 0.6) is 0 Å². The van der Waals surface area contributed by atoms with Gasteiger partial charge in [0, 0.05) is 43.1 Å². The molecule has 0 amide bonds. The van der Waals surface area contributed by atoms with Gasteiger partial charge in [0.05, 0.1) is 16.7 Å². The number of thiophene rings is 1. The van der Waals surface area contributed by atoms with Crippen LogP contribution in [-0.2, 0) is 0 Å². The second-order valence-electron chi connectivity index (χ2n) is 11.0. The molecule has 0 aliphatic carbocycles. The molecule has 6 aromatic carbocycles. The number of nitrogens with zero attached hydrogens (tertiary/aromatic N) is 3. The molecule has 44 heavy (non-hydrogen) atoms. The lowest BCUT2D eigenvalue weighted by Crippen LogP contribution is -1.95. The Bertz CT molecular complexity index is 2470. The van der Waals surface area contributed by atoms with Crippen LogP contribution >= 0.6 is 11.3 Å². The summed E-state index contributed by atoms with van der Waals surface area (Å²) >= 11 is 1.73. The highest BCUT2D eigenvalue weighted by atomic mass is 32.1. The first-order chi connectivity index (χ1) is 21.8. The largest absolute Gasteiger partial charge is 0.309 e. The van der Waals surface area contributed by atoms with E-state index < -0.39 is 0 Å². The fourth-order valence-electron chi connectivity index (χ4n) is 6.38. The van der Waals surface area contributed by atoms with Crippen molar-refractivity contribution in [3.8, 4) is 39.5 Å². The quantitative estimate of drug-likeness (QED) is 0.208. The van der Waals surface area contributed by atoms with Crippen molar-refractivity contribution >= 4 is 53.4 Å². The van der Waals surface area contributed by atoms with Crippen LogP contribution in [0, 0.1) is 0 Å². The van der Waals surface area contributed by atoms with E-state index in [1.807, 2.05) is 6.07 Å². The molecule has 206 valence electrons. The average molecular weight is 580 g/mol. The summed E-state index contributed by atoms with van der Waals surface area (Å²) in [6.07, 6.45) is 0. The fraction of sp³-hybridized carbons (Fsp3) is 0. The molecule has 0 bridgehead atoms. The second kappa shape index (κ2) is 10.0. The van der Waals surface area contributed by atoms with Gasteiger partial charge in [-0.15, -0.1) is 11.3 Å². The topological polar surface area (TPSA) is 30.7 Å². The van der Waals surface area contributed by atoms with E-state index in [1.165, 1.54) is 37.5 Å². The summed E-state index contributed by atoms with van der Waals surface area (Å²) < 4.78 is 3.58. The van der Waals surface area contributed by atoms with E-state index in [0.29, 0.717) is 0 Å². The second-order valence-corrected chi connectivity index (χ2v) is 12.1. The molecule has 0 aliphatic rings. The standard InChI is InChI=1S/C40H25N3S/c1-3-11-26(12-4-1)27-19-22-30(23-20-27)43-34-17-9-7-15-31(34)33-25-29(21-24-35(33)43)39-41-38(28-13-5-2-6-14-28)37-32-16-8-10-18-36(32)44-40(37)42-39/h1-25H. The van der Waals surface area contributed by atoms with Gasteiger partial charge in [-0.05, 0) is 53.6 Å². The van der Waals surface area contributed by atoms with E-state index in [4.69, 9.17) is 9.97 Å². The molecular weight excluding hydrogens is 555 g/mol. The first kappa shape index (κ1) is 25.0. The molecule has 9 rings (SSSR count). The normalized spacial score (nSPS) is 11.6. The Kier molecular flexibility index (Phi) is 5.68. The lowest BCUT2D eigenvalue weighted by molar-refractivity contribution is 1.18. The molecule has 0 radical (unpaired) electrons. The van der Waals surface area contributed by atoms with Crippen LogP contribution in [-0.4, -0.2) is 14.5 Å². The number of benzene rings is 6. The van der Waals surface area contributed by atoms with E-state index in [-0.39, 0.29) is 0 Å². The minimum Gasteiger partial charge on any atom is -0.309 e. The summed E-state index contributed by atoms with van der Waals surface area (Å²) in [4.78, 5) is 11.4. The third-order valence-corrected chi connectivity index (χ3v) is 9.51. The molecule has 3 aromatic heterocycles. The maximum Gasteiger partial charge on any atom is 0.161 e. The molecule has 9 aromatic rings. The van der Waals surface area contributed by atoms with Crippen LogP contribution in [0.1, 0.15) is 0 Å². The van der Waals surface area contributed by atoms with Gasteiger partial charge in [0.15, 0.2) is 5.82 Å². The Hall–Kier alpha value is -5.58. The van der Waals surface area contributed by atoms with Crippen molar-refractivity contribution < 1.29 is 0 Å². The van der Waals surface area contributed by atoms with Crippen molar-refractivity contribution in [2.24, 2.45) is 0 Å². The molecule has 0 unspecified atom stereocenters. The van der Waals surface area contributed by atoms with Gasteiger partial charge in [-0.25, -0.2) is 9.97 Å². The molecule has 0 spiro atoms. The van der Waals surface area contributed by atoms with Gasteiger partial charge < -0.3 is 4.57 Å². The van der Waals surface area contributed by atoms with Gasteiger partial charge in [-0.1, -0.05) is 109 Å². The molecular formula is C40H25N3S. The lowest BCUT2D eigenvalue weighted by atomic mass is 10.0. The van der Waals surface area contributed by atoms with Crippen molar-refractivity contribution in [1.29, 1.82) is 0 Å². The van der Waals surface area contributed by atoms with Crippen LogP contribution in [0.2, 0.25) is 0 Å². The van der Waals surface area contributed by atoms with Gasteiger partial charge in [0.2, 0.25) is 0 Å². The van der Waals surface area contributed by atoms with Gasteiger partial charge in [-0.3, -0.25) is 0 Å². The highest BCUT2D eigenvalue weighted by molar-refractivity contribution is 7.25. The molecule has 0 atom stereocenters. The van der Waals surface area contributed by atoms with E-state index in [1.54, 1.807) is 11.3 Å². The summed E-state index contributed by atoms with van der Waals surface area (Å²) in [5.74, 6) is 0.744. The number of hydrogen-bond acceptors (Lipinski definition) is 3. The highest BCUT2D eigenvalue weighted by Crippen LogP contribution is 2.40. The molecule has 0 saturated carbocycles. The monoisotopic (exact) mass is 579 g/mol. The average Bonchev–Trinajstić information content (AvgIpc) is 3.64. The smallest absolute Gasteiger partial charge is 0.161 e. The predicted octanol–water partition coefficient (Wildman–Crippen LogP) is 10.9. The Morgan fingerprint density at radius 3 is 1.86 bits per heavy atom. The lowest BCUT2D eigenvalue weighted by Gasteiger charge is -2.10. The Morgan fingerprint density at radius 1 is 0.455 bits per heavy atom. The minimum atomic E-state index is 0.744. The van der Waals surface area contributed by atoms with E-state index in [0.717, 1.165) is 44.1 Å². The van der Waals surface area contributed by atoms with Crippen molar-refractivity contribution in [3.05, 3.63) is 152 Å². The fourth-order valence-corrected chi connectivity index (χ4v) is 7.46. The van der Waals surface area contributed by atoms with Crippen LogP contribution in [0.3, 0.4) is 0 Å². The molecule has 3 heterocycles. The number of para-hydroxylation sites is 1. The Morgan fingerprint density at radius 2 is 1.07 bits per heavy atom. The van der Waals surface area contributed by atoms with Crippen molar-refractivity contribution in [1.82, 2.24) is 14.5 Å². The van der Waals surface area contributed by atoms with Crippen molar-refractivity contribution in [3.63, 3.8) is 0 Å². The number of rotatable bonds is 4. The molecule has 0 fully saturated rings. The maximum absolute atomic E-state index is 5.24. The zero-order valence-electron chi connectivity index (χ0n) is 23.7. The first-order valence-corrected chi connectivity index (χ1v) is 15.6. The molecule has 3 nitrogen and oxygen atoms in total. The van der Waals surface area contributed by atoms with Crippen molar-refractivity contribution in [2.75, 3.05) is 0 Å². The van der Waals surface area contributed by atoms with Gasteiger partial charge >= 0.3 is 0 Å². The van der Waals surface area contributed by atoms with Crippen LogP contribution in [0.4, 0.5) is 0 Å². The molecule has 0 N–H and O–H groups in total. The van der Waals surface area contributed by atoms with Crippen molar-refractivity contribution in [2.45, 2.75) is 0 Å². The molecule has 4 heteroatoms. The van der Waals surface area contributed by atoms with Gasteiger partial charge in [0.1, 0.15) is 4.83 Å². The van der Waals surface area contributed by atoms with Crippen LogP contribution in [0.25, 0.3) is 81.6 Å². The summed E-state index contributed by atoms with van der Waals surface area (Å²) in [5.41, 5.74) is 8.99. The predicted molar refractivity (Wildman–Crippen MR) is 186 cm³/mol. The SMILES string of the molecule is c1ccc(-c2ccc(-n3c4ccccc4c4cc(-c5nc(-c6ccccc6)c6c(n5)sc5ccccc56)ccc43)cc2)cc1. The summed E-state index contributed by atoms with van der Waals surface area (Å²) in [5, 5.41) is 4.72. The van der Waals surface area contributed by atoms with E-state index in [2.05, 4.69) is 150 Å². The highest BCUT2D eigenvalue weighted by Gasteiger charge is 2.18. The Balaban J connectivity index is 1.24. The Labute approximate surface area is 258 Å². The number of aromatic nitrogens is 3. The van der Waals surface area contributed by atoms with E-state index >= 15 is 0 Å². The zero-order chi connectivity index (χ0) is 29.0. The summed E-state index contributed by atoms with van der Waals surface area (Å²) in [6, 6.07) is 53.7. The van der Waals surface area contributed by atoms with Gasteiger partial charge in [0.25, 0.3) is 0 Å². The first-order valence-electron chi connectivity index (χ1n) is 14.8. The minimum absolute atomic E-state index is 0.744. The molecule has 0 aliphatic heterocycles. The molecule has 0 saturated heterocycles. The third-order valence-electron chi connectivity index (χ3n) is 8.45. The van der Waals surface area contributed by atoms with Gasteiger partial charge in [-0.2, -0.15) is 0 Å². The maximum atomic E-state index is 5.24. The summed E-state index contributed by atoms with van der Waals surface area (Å²) in [6.45, 7) is 0. The zero-order valence-corrected chi connectivity index (χ0v) is 24.5. The number of fused-ring (bicyclic) bond motifs is 6. The van der Waals surface area contributed by atoms with Crippen LogP contribution < -0.4 is 0 Å². The van der Waals surface area contributed by atoms with Crippen LogP contribution in [0.15, 0.2) is 152 Å². The number of hydrogen-bond donors (Lipinski definition) is 0. The van der Waals surface area contributed by atoms with E-state index in [9.17, 15) is 0 Å².